The molecule has 1 amide bonds. The van der Waals surface area contributed by atoms with Crippen molar-refractivity contribution in [2.24, 2.45) is 0 Å². The average Bonchev–Trinajstić information content (AvgIpc) is 3.26. The van der Waals surface area contributed by atoms with Gasteiger partial charge in [-0.25, -0.2) is 17.4 Å². The normalized spacial score (nSPS) is 13.6. The van der Waals surface area contributed by atoms with Gasteiger partial charge in [-0.05, 0) is 54.8 Å². The zero-order valence-corrected chi connectivity index (χ0v) is 17.6. The highest BCUT2D eigenvalue weighted by molar-refractivity contribution is 7.90. The zero-order valence-electron chi connectivity index (χ0n) is 16.0. The van der Waals surface area contributed by atoms with E-state index in [2.05, 4.69) is 4.98 Å². The third-order valence-electron chi connectivity index (χ3n) is 5.11. The molecule has 2 aromatic heterocycles. The van der Waals surface area contributed by atoms with Gasteiger partial charge >= 0.3 is 5.97 Å². The highest BCUT2D eigenvalue weighted by Gasteiger charge is 2.28. The first kappa shape index (κ1) is 20.4. The molecule has 0 unspecified atom stereocenters. The summed E-state index contributed by atoms with van der Waals surface area (Å²) in [7, 11) is -4.04. The SMILES string of the molecule is CC(=O)N1CCc2cc(S(=O)(=O)n3c(CCC(=O)O)cc4nc(Cl)ccc43)ccc21. The molecule has 0 atom stereocenters. The number of anilines is 1. The van der Waals surface area contributed by atoms with E-state index >= 15 is 0 Å². The van der Waals surface area contributed by atoms with Gasteiger partial charge in [0, 0.05) is 24.8 Å². The van der Waals surface area contributed by atoms with Crippen molar-refractivity contribution < 1.29 is 23.1 Å². The van der Waals surface area contributed by atoms with Gasteiger partial charge in [0.05, 0.1) is 22.3 Å². The fourth-order valence-electron chi connectivity index (χ4n) is 3.76. The summed E-state index contributed by atoms with van der Waals surface area (Å²) in [5.41, 5.74) is 2.49. The van der Waals surface area contributed by atoms with E-state index in [1.165, 1.54) is 19.1 Å². The van der Waals surface area contributed by atoms with E-state index in [1.54, 1.807) is 29.2 Å². The Bertz CT molecular complexity index is 1300. The van der Waals surface area contributed by atoms with Gasteiger partial charge in [-0.15, -0.1) is 0 Å². The Morgan fingerprint density at radius 1 is 1.20 bits per heavy atom. The van der Waals surface area contributed by atoms with Crippen LogP contribution in [0.4, 0.5) is 5.69 Å². The van der Waals surface area contributed by atoms with Crippen molar-refractivity contribution in [3.05, 3.63) is 52.8 Å². The molecule has 0 saturated heterocycles. The summed E-state index contributed by atoms with van der Waals surface area (Å²) in [6.45, 7) is 1.98. The van der Waals surface area contributed by atoms with Crippen LogP contribution in [0.15, 0.2) is 41.3 Å². The first-order chi connectivity index (χ1) is 14.2. The van der Waals surface area contributed by atoms with Crippen LogP contribution in [-0.2, 0) is 32.5 Å². The van der Waals surface area contributed by atoms with Gasteiger partial charge in [-0.1, -0.05) is 11.6 Å². The summed E-state index contributed by atoms with van der Waals surface area (Å²) in [4.78, 5) is 28.7. The summed E-state index contributed by atoms with van der Waals surface area (Å²) in [5, 5.41) is 9.26. The summed E-state index contributed by atoms with van der Waals surface area (Å²) < 4.78 is 28.2. The monoisotopic (exact) mass is 447 g/mol. The standard InChI is InChI=1S/C20H18ClN3O5S/c1-12(25)23-9-8-13-10-15(3-4-17(13)23)30(28,29)24-14(2-7-20(26)27)11-16-18(24)5-6-19(21)22-16/h3-6,10-11H,2,7-9H2,1H3,(H,26,27). The third kappa shape index (κ3) is 3.44. The lowest BCUT2D eigenvalue weighted by Crippen LogP contribution is -2.25. The first-order valence-electron chi connectivity index (χ1n) is 9.24. The smallest absolute Gasteiger partial charge is 0.303 e. The molecule has 1 aromatic carbocycles. The lowest BCUT2D eigenvalue weighted by Gasteiger charge is -2.16. The molecule has 3 aromatic rings. The predicted molar refractivity (Wildman–Crippen MR) is 111 cm³/mol. The molecule has 0 radical (unpaired) electrons. The van der Waals surface area contributed by atoms with Crippen molar-refractivity contribution in [2.45, 2.75) is 31.1 Å². The maximum Gasteiger partial charge on any atom is 0.303 e. The summed E-state index contributed by atoms with van der Waals surface area (Å²) >= 11 is 5.95. The molecule has 0 aliphatic carbocycles. The Morgan fingerprint density at radius 3 is 2.67 bits per heavy atom. The molecule has 30 heavy (non-hydrogen) atoms. The molecule has 1 N–H and O–H groups in total. The number of carboxylic acids is 1. The number of halogens is 1. The van der Waals surface area contributed by atoms with Crippen LogP contribution in [0.3, 0.4) is 0 Å². The number of hydrogen-bond acceptors (Lipinski definition) is 5. The molecule has 156 valence electrons. The number of carbonyl (C=O) groups is 2. The Kier molecular flexibility index (Phi) is 5.03. The largest absolute Gasteiger partial charge is 0.481 e. The summed E-state index contributed by atoms with van der Waals surface area (Å²) in [5.74, 6) is -1.13. The molecule has 0 spiro atoms. The predicted octanol–water partition coefficient (Wildman–Crippen LogP) is 2.85. The maximum absolute atomic E-state index is 13.5. The zero-order chi connectivity index (χ0) is 21.6. The Labute approximate surface area is 177 Å². The molecule has 3 heterocycles. The third-order valence-corrected chi connectivity index (χ3v) is 7.08. The maximum atomic E-state index is 13.5. The van der Waals surface area contributed by atoms with Crippen molar-refractivity contribution in [1.29, 1.82) is 0 Å². The first-order valence-corrected chi connectivity index (χ1v) is 11.1. The van der Waals surface area contributed by atoms with Crippen LogP contribution >= 0.6 is 11.6 Å². The number of aromatic nitrogens is 2. The van der Waals surface area contributed by atoms with Crippen molar-refractivity contribution >= 4 is 50.2 Å². The number of pyridine rings is 1. The van der Waals surface area contributed by atoms with E-state index < -0.39 is 16.0 Å². The van der Waals surface area contributed by atoms with Gasteiger partial charge in [-0.3, -0.25) is 9.59 Å². The minimum atomic E-state index is -4.04. The lowest BCUT2D eigenvalue weighted by atomic mass is 10.2. The quantitative estimate of drug-likeness (QED) is 0.602. The van der Waals surface area contributed by atoms with Gasteiger partial charge in [0.15, 0.2) is 0 Å². The Hall–Kier alpha value is -2.91. The van der Waals surface area contributed by atoms with E-state index in [9.17, 15) is 18.0 Å². The van der Waals surface area contributed by atoms with Crippen molar-refractivity contribution in [2.75, 3.05) is 11.4 Å². The van der Waals surface area contributed by atoms with Gasteiger partial charge < -0.3 is 10.0 Å². The van der Waals surface area contributed by atoms with Crippen LogP contribution in [0.25, 0.3) is 11.0 Å². The number of carbonyl (C=O) groups excluding carboxylic acids is 1. The van der Waals surface area contributed by atoms with E-state index in [1.807, 2.05) is 0 Å². The average molecular weight is 448 g/mol. The molecular weight excluding hydrogens is 430 g/mol. The number of aryl methyl sites for hydroxylation is 1. The van der Waals surface area contributed by atoms with Crippen LogP contribution in [0, 0.1) is 0 Å². The van der Waals surface area contributed by atoms with Crippen molar-refractivity contribution in [1.82, 2.24) is 8.96 Å². The second-order valence-corrected chi connectivity index (χ2v) is 9.22. The van der Waals surface area contributed by atoms with Crippen LogP contribution in [0.2, 0.25) is 5.15 Å². The minimum Gasteiger partial charge on any atom is -0.481 e. The molecule has 4 rings (SSSR count). The molecule has 8 nitrogen and oxygen atoms in total. The molecule has 0 bridgehead atoms. The number of fused-ring (bicyclic) bond motifs is 2. The van der Waals surface area contributed by atoms with Crippen LogP contribution in [0.1, 0.15) is 24.6 Å². The minimum absolute atomic E-state index is 0.0194. The highest BCUT2D eigenvalue weighted by Crippen LogP contribution is 2.33. The van der Waals surface area contributed by atoms with E-state index in [0.29, 0.717) is 35.4 Å². The molecule has 1 aliphatic rings. The number of carboxylic acid groups (broad SMARTS) is 1. The fourth-order valence-corrected chi connectivity index (χ4v) is 5.52. The molecule has 10 heteroatoms. The van der Waals surface area contributed by atoms with Crippen molar-refractivity contribution in [3.63, 3.8) is 0 Å². The van der Waals surface area contributed by atoms with Crippen LogP contribution in [-0.4, -0.2) is 40.9 Å². The van der Waals surface area contributed by atoms with Crippen LogP contribution in [0.5, 0.6) is 0 Å². The number of rotatable bonds is 5. The molecular formula is C20H18ClN3O5S. The molecule has 0 fully saturated rings. The second kappa shape index (κ2) is 7.41. The van der Waals surface area contributed by atoms with E-state index in [-0.39, 0.29) is 28.8 Å². The van der Waals surface area contributed by atoms with Gasteiger partial charge in [0.1, 0.15) is 5.15 Å². The van der Waals surface area contributed by atoms with Gasteiger partial charge in [0.2, 0.25) is 5.91 Å². The van der Waals surface area contributed by atoms with Crippen LogP contribution < -0.4 is 4.90 Å². The lowest BCUT2D eigenvalue weighted by molar-refractivity contribution is -0.137. The number of amides is 1. The topological polar surface area (TPSA) is 110 Å². The number of aliphatic carboxylic acids is 1. The second-order valence-electron chi connectivity index (χ2n) is 7.05. The number of hydrogen-bond donors (Lipinski definition) is 1. The summed E-state index contributed by atoms with van der Waals surface area (Å²) in [6, 6.07) is 9.26. The molecule has 0 saturated carbocycles. The van der Waals surface area contributed by atoms with Gasteiger partial charge in [-0.2, -0.15) is 0 Å². The van der Waals surface area contributed by atoms with E-state index in [0.717, 1.165) is 9.54 Å². The van der Waals surface area contributed by atoms with Crippen molar-refractivity contribution in [3.8, 4) is 0 Å². The number of nitrogens with zero attached hydrogens (tertiary/aromatic N) is 3. The Balaban J connectivity index is 1.86. The van der Waals surface area contributed by atoms with Gasteiger partial charge in [0.25, 0.3) is 10.0 Å². The highest BCUT2D eigenvalue weighted by atomic mass is 35.5. The summed E-state index contributed by atoms with van der Waals surface area (Å²) in [6.07, 6.45) is 0.358. The fraction of sp³-hybridized carbons (Fsp3) is 0.250. The van der Waals surface area contributed by atoms with E-state index in [4.69, 9.17) is 16.7 Å². The Morgan fingerprint density at radius 2 is 1.97 bits per heavy atom. The number of benzene rings is 1. The molecule has 1 aliphatic heterocycles.